The van der Waals surface area contributed by atoms with Crippen molar-refractivity contribution in [1.82, 2.24) is 29.9 Å². The second kappa shape index (κ2) is 14.8. The Morgan fingerprint density at radius 3 is 1.24 bits per heavy atom. The highest BCUT2D eigenvalue weighted by molar-refractivity contribution is 7.26. The molecule has 8 aromatic carbocycles. The number of aromatic nitrogens is 6. The van der Waals surface area contributed by atoms with Crippen LogP contribution in [-0.4, -0.2) is 29.9 Å². The van der Waals surface area contributed by atoms with Gasteiger partial charge in [-0.3, -0.25) is 0 Å². The lowest BCUT2D eigenvalue weighted by atomic mass is 9.98. The van der Waals surface area contributed by atoms with E-state index >= 15 is 0 Å². The zero-order chi connectivity index (χ0) is 41.0. The molecule has 0 fully saturated rings. The average Bonchev–Trinajstić information content (AvgIpc) is 3.93. The van der Waals surface area contributed by atoms with Crippen LogP contribution >= 0.6 is 11.3 Å². The Hall–Kier alpha value is -8.20. The molecule has 12 rings (SSSR count). The lowest BCUT2D eigenvalue weighted by molar-refractivity contribution is 0.669. The third kappa shape index (κ3) is 6.29. The van der Waals surface area contributed by atoms with Gasteiger partial charge in [-0.25, -0.2) is 29.9 Å². The number of nitrogens with zero attached hydrogens (tertiary/aromatic N) is 6. The highest BCUT2D eigenvalue weighted by Crippen LogP contribution is 2.43. The summed E-state index contributed by atoms with van der Waals surface area (Å²) in [6, 6.07) is 65.9. The van der Waals surface area contributed by atoms with Gasteiger partial charge in [-0.15, -0.1) is 11.3 Å². The predicted molar refractivity (Wildman–Crippen MR) is 251 cm³/mol. The Balaban J connectivity index is 1.01. The Bertz CT molecular complexity index is 3270. The molecule has 0 spiro atoms. The van der Waals surface area contributed by atoms with Gasteiger partial charge in [0.15, 0.2) is 34.9 Å². The summed E-state index contributed by atoms with van der Waals surface area (Å²) in [7, 11) is 0. The number of benzene rings is 8. The van der Waals surface area contributed by atoms with Crippen LogP contribution in [0.5, 0.6) is 0 Å². The van der Waals surface area contributed by atoms with Gasteiger partial charge in [0.2, 0.25) is 0 Å². The number of thiophene rings is 1. The fourth-order valence-electron chi connectivity index (χ4n) is 8.24. The highest BCUT2D eigenvalue weighted by atomic mass is 32.1. The van der Waals surface area contributed by atoms with Crippen molar-refractivity contribution in [3.63, 3.8) is 0 Å². The predicted octanol–water partition coefficient (Wildman–Crippen LogP) is 14.0. The van der Waals surface area contributed by atoms with Gasteiger partial charge < -0.3 is 4.42 Å². The van der Waals surface area contributed by atoms with Crippen LogP contribution in [0, 0.1) is 0 Å². The van der Waals surface area contributed by atoms with Crippen LogP contribution in [0.2, 0.25) is 0 Å². The largest absolute Gasteiger partial charge is 0.456 e. The Morgan fingerprint density at radius 2 is 0.726 bits per heavy atom. The summed E-state index contributed by atoms with van der Waals surface area (Å²) >= 11 is 1.77. The molecule has 0 aliphatic carbocycles. The second-order valence-electron chi connectivity index (χ2n) is 15.1. The summed E-state index contributed by atoms with van der Waals surface area (Å²) in [5, 5.41) is 4.20. The lowest BCUT2D eigenvalue weighted by Gasteiger charge is -2.10. The van der Waals surface area contributed by atoms with Gasteiger partial charge in [0.05, 0.1) is 0 Å². The summed E-state index contributed by atoms with van der Waals surface area (Å²) < 4.78 is 8.86. The van der Waals surface area contributed by atoms with E-state index in [4.69, 9.17) is 34.3 Å². The lowest BCUT2D eigenvalue weighted by Crippen LogP contribution is -2.00. The maximum atomic E-state index is 6.51. The maximum Gasteiger partial charge on any atom is 0.164 e. The molecule has 0 N–H and O–H groups in total. The SMILES string of the molecule is c1ccc(-c2nc(-c3ccccc3)nc(-c3cccc4oc5ccc(-c6ccc7sc8cccc(-c9nc(-c%10ccccc%10)nc(-c%10ccccc%10)n9)c8c7c6)cc5c34)n2)cc1. The fraction of sp³-hybridized carbons (Fsp3) is 0. The van der Waals surface area contributed by atoms with Crippen molar-refractivity contribution in [2.45, 2.75) is 0 Å². The molecule has 0 aliphatic heterocycles. The van der Waals surface area contributed by atoms with Gasteiger partial charge in [-0.2, -0.15) is 0 Å². The van der Waals surface area contributed by atoms with Crippen molar-refractivity contribution in [2.75, 3.05) is 0 Å². The highest BCUT2D eigenvalue weighted by Gasteiger charge is 2.20. The molecule has 0 bridgehead atoms. The van der Waals surface area contributed by atoms with Crippen LogP contribution in [0.4, 0.5) is 0 Å². The van der Waals surface area contributed by atoms with Crippen molar-refractivity contribution in [3.8, 4) is 79.5 Å². The van der Waals surface area contributed by atoms with E-state index in [2.05, 4.69) is 60.7 Å². The van der Waals surface area contributed by atoms with Crippen molar-refractivity contribution in [2.24, 2.45) is 0 Å². The Labute approximate surface area is 359 Å². The maximum absolute atomic E-state index is 6.51. The molecule has 290 valence electrons. The first-order valence-electron chi connectivity index (χ1n) is 20.4. The molecule has 4 heterocycles. The summed E-state index contributed by atoms with van der Waals surface area (Å²) in [6.45, 7) is 0. The molecule has 0 unspecified atom stereocenters. The van der Waals surface area contributed by atoms with Crippen molar-refractivity contribution in [1.29, 1.82) is 0 Å². The van der Waals surface area contributed by atoms with E-state index in [1.54, 1.807) is 11.3 Å². The van der Waals surface area contributed by atoms with Crippen molar-refractivity contribution in [3.05, 3.63) is 194 Å². The summed E-state index contributed by atoms with van der Waals surface area (Å²) in [4.78, 5) is 30.2. The van der Waals surface area contributed by atoms with E-state index in [0.29, 0.717) is 34.9 Å². The summed E-state index contributed by atoms with van der Waals surface area (Å²) in [5.74, 6) is 3.71. The first kappa shape index (κ1) is 35.7. The molecule has 0 saturated carbocycles. The topological polar surface area (TPSA) is 90.5 Å². The molecule has 0 saturated heterocycles. The molecule has 4 aromatic heterocycles. The van der Waals surface area contributed by atoms with Gasteiger partial charge >= 0.3 is 0 Å². The van der Waals surface area contributed by atoms with Crippen molar-refractivity contribution >= 4 is 53.4 Å². The number of furan rings is 1. The van der Waals surface area contributed by atoms with E-state index < -0.39 is 0 Å². The second-order valence-corrected chi connectivity index (χ2v) is 16.1. The first-order valence-corrected chi connectivity index (χ1v) is 21.2. The van der Waals surface area contributed by atoms with Crippen LogP contribution in [-0.2, 0) is 0 Å². The third-order valence-electron chi connectivity index (χ3n) is 11.2. The molecule has 62 heavy (non-hydrogen) atoms. The van der Waals surface area contributed by atoms with E-state index in [1.807, 2.05) is 133 Å². The fourth-order valence-corrected chi connectivity index (χ4v) is 9.36. The minimum absolute atomic E-state index is 0.583. The first-order chi connectivity index (χ1) is 30.7. The number of fused-ring (bicyclic) bond motifs is 6. The van der Waals surface area contributed by atoms with Gasteiger partial charge in [0, 0.05) is 64.3 Å². The quantitative estimate of drug-likeness (QED) is 0.158. The van der Waals surface area contributed by atoms with E-state index in [-0.39, 0.29) is 0 Å². The Kier molecular flexibility index (Phi) is 8.53. The third-order valence-corrected chi connectivity index (χ3v) is 12.3. The smallest absolute Gasteiger partial charge is 0.164 e. The minimum atomic E-state index is 0.583. The van der Waals surface area contributed by atoms with E-state index in [0.717, 1.165) is 77.2 Å². The van der Waals surface area contributed by atoms with Crippen LogP contribution in [0.3, 0.4) is 0 Å². The molecule has 12 aromatic rings. The molecule has 8 heteroatoms. The molecular formula is C54H32N6OS. The Morgan fingerprint density at radius 1 is 0.290 bits per heavy atom. The van der Waals surface area contributed by atoms with Gasteiger partial charge in [-0.05, 0) is 47.5 Å². The summed E-state index contributed by atoms with van der Waals surface area (Å²) in [6.07, 6.45) is 0. The number of hydrogen-bond acceptors (Lipinski definition) is 8. The van der Waals surface area contributed by atoms with Crippen LogP contribution in [0.1, 0.15) is 0 Å². The zero-order valence-corrected chi connectivity index (χ0v) is 33.8. The average molecular weight is 813 g/mol. The summed E-state index contributed by atoms with van der Waals surface area (Å²) in [5.41, 5.74) is 9.27. The molecule has 0 aliphatic rings. The molecular weight excluding hydrogens is 781 g/mol. The van der Waals surface area contributed by atoms with Crippen molar-refractivity contribution < 1.29 is 4.42 Å². The number of hydrogen-bond donors (Lipinski definition) is 0. The monoisotopic (exact) mass is 812 g/mol. The molecule has 7 nitrogen and oxygen atoms in total. The van der Waals surface area contributed by atoms with Gasteiger partial charge in [0.1, 0.15) is 11.2 Å². The van der Waals surface area contributed by atoms with Crippen LogP contribution in [0.25, 0.3) is 122 Å². The molecule has 0 radical (unpaired) electrons. The minimum Gasteiger partial charge on any atom is -0.456 e. The normalized spacial score (nSPS) is 11.5. The standard InChI is InChI=1S/C54H32N6OS/c1-5-15-33(16-6-1)49-55-50(34-17-7-2-8-18-34)58-53(57-49)39-23-13-25-44-47(39)41-31-37(27-29-43(41)61-44)38-28-30-45-42(32-38)48-40(24-14-26-46(48)62-45)54-59-51(35-19-9-3-10-20-35)56-52(60-54)36-21-11-4-12-22-36/h1-32H. The zero-order valence-electron chi connectivity index (χ0n) is 33.0. The van der Waals surface area contributed by atoms with E-state index in [9.17, 15) is 0 Å². The van der Waals surface area contributed by atoms with Crippen LogP contribution < -0.4 is 0 Å². The van der Waals surface area contributed by atoms with Gasteiger partial charge in [-0.1, -0.05) is 158 Å². The van der Waals surface area contributed by atoms with E-state index in [1.165, 1.54) is 9.40 Å². The van der Waals surface area contributed by atoms with Gasteiger partial charge in [0.25, 0.3) is 0 Å². The molecule has 0 amide bonds. The number of rotatable bonds is 7. The molecule has 0 atom stereocenters. The van der Waals surface area contributed by atoms with Crippen LogP contribution in [0.15, 0.2) is 199 Å².